The smallest absolute Gasteiger partial charge is 0.258 e. The molecule has 0 bridgehead atoms. The Morgan fingerprint density at radius 2 is 1.73 bits per heavy atom. The molecule has 3 heterocycles. The van der Waals surface area contributed by atoms with E-state index in [1.165, 1.54) is 48.3 Å². The van der Waals surface area contributed by atoms with E-state index in [1.807, 2.05) is 30.0 Å². The van der Waals surface area contributed by atoms with Crippen LogP contribution < -0.4 is 9.80 Å². The number of hydrogen-bond acceptors (Lipinski definition) is 2. The fraction of sp³-hybridized carbons (Fsp3) is 0.348. The highest BCUT2D eigenvalue weighted by Gasteiger charge is 2.31. The van der Waals surface area contributed by atoms with Crippen molar-refractivity contribution in [3.8, 4) is 0 Å². The lowest BCUT2D eigenvalue weighted by Gasteiger charge is -2.37. The van der Waals surface area contributed by atoms with Crippen LogP contribution in [0.4, 0.5) is 11.4 Å². The Kier molecular flexibility index (Phi) is 3.63. The molecule has 0 aliphatic carbocycles. The summed E-state index contributed by atoms with van der Waals surface area (Å²) in [5, 5.41) is 0. The lowest BCUT2D eigenvalue weighted by Crippen LogP contribution is -2.34. The van der Waals surface area contributed by atoms with Gasteiger partial charge in [-0.3, -0.25) is 4.79 Å². The number of nitrogens with zero attached hydrogens (tertiary/aromatic N) is 2. The first-order valence-electron chi connectivity index (χ1n) is 9.80. The van der Waals surface area contributed by atoms with Crippen LogP contribution in [0.2, 0.25) is 0 Å². The molecule has 0 N–H and O–H groups in total. The van der Waals surface area contributed by atoms with Crippen LogP contribution in [-0.4, -0.2) is 25.5 Å². The van der Waals surface area contributed by atoms with E-state index in [0.29, 0.717) is 6.54 Å². The minimum Gasteiger partial charge on any atom is -0.371 e. The zero-order valence-corrected chi connectivity index (χ0v) is 15.3. The van der Waals surface area contributed by atoms with Crippen molar-refractivity contribution in [1.82, 2.24) is 0 Å². The minimum absolute atomic E-state index is 0.127. The monoisotopic (exact) mass is 344 g/mol. The standard InChI is InChI=1S/C23H24N2O/c1-2-25-21-10-4-3-9-19(21)20(23(25)26)15-16-13-17-7-5-11-24-12-6-8-18(14-16)22(17)24/h3-4,9-10,13-15H,2,5-8,11-12H2,1H3. The van der Waals surface area contributed by atoms with Gasteiger partial charge in [-0.15, -0.1) is 0 Å². The number of fused-ring (bicyclic) bond motifs is 1. The van der Waals surface area contributed by atoms with E-state index in [4.69, 9.17) is 0 Å². The molecule has 0 saturated carbocycles. The molecule has 0 saturated heterocycles. The maximum Gasteiger partial charge on any atom is 0.258 e. The molecular weight excluding hydrogens is 320 g/mol. The predicted octanol–water partition coefficient (Wildman–Crippen LogP) is 4.29. The fourth-order valence-corrected chi connectivity index (χ4v) is 4.84. The lowest BCUT2D eigenvalue weighted by molar-refractivity contribution is -0.112. The largest absolute Gasteiger partial charge is 0.371 e. The van der Waals surface area contributed by atoms with Crippen LogP contribution >= 0.6 is 0 Å². The first-order chi connectivity index (χ1) is 12.8. The molecule has 2 aromatic rings. The summed E-state index contributed by atoms with van der Waals surface area (Å²) in [5.74, 6) is 0.127. The van der Waals surface area contributed by atoms with Crippen LogP contribution in [0.3, 0.4) is 0 Å². The number of anilines is 2. The molecule has 3 nitrogen and oxygen atoms in total. The summed E-state index contributed by atoms with van der Waals surface area (Å²) in [6.07, 6.45) is 6.89. The van der Waals surface area contributed by atoms with E-state index in [-0.39, 0.29) is 5.91 Å². The maximum atomic E-state index is 13.0. The summed E-state index contributed by atoms with van der Waals surface area (Å²) < 4.78 is 0. The Morgan fingerprint density at radius 3 is 2.42 bits per heavy atom. The quantitative estimate of drug-likeness (QED) is 0.759. The van der Waals surface area contributed by atoms with Crippen molar-refractivity contribution < 1.29 is 4.79 Å². The van der Waals surface area contributed by atoms with Crippen LogP contribution in [0, 0.1) is 0 Å². The fourth-order valence-electron chi connectivity index (χ4n) is 4.84. The Labute approximate surface area is 154 Å². The third-order valence-corrected chi connectivity index (χ3v) is 5.94. The molecule has 0 spiro atoms. The van der Waals surface area contributed by atoms with E-state index < -0.39 is 0 Å². The summed E-state index contributed by atoms with van der Waals surface area (Å²) >= 11 is 0. The zero-order chi connectivity index (χ0) is 17.7. The number of rotatable bonds is 2. The van der Waals surface area contributed by atoms with Crippen LogP contribution in [0.25, 0.3) is 11.6 Å². The average molecular weight is 344 g/mol. The summed E-state index contributed by atoms with van der Waals surface area (Å²) in [5.41, 5.74) is 8.52. The topological polar surface area (TPSA) is 23.6 Å². The summed E-state index contributed by atoms with van der Waals surface area (Å²) in [6, 6.07) is 12.8. The Bertz CT molecular complexity index is 897. The van der Waals surface area contributed by atoms with Crippen molar-refractivity contribution in [2.45, 2.75) is 32.6 Å². The van der Waals surface area contributed by atoms with Gasteiger partial charge in [0.25, 0.3) is 5.91 Å². The molecule has 1 amide bonds. The number of benzene rings is 2. The van der Waals surface area contributed by atoms with Gasteiger partial charge in [0, 0.05) is 36.5 Å². The number of carbonyl (C=O) groups is 1. The number of carbonyl (C=O) groups excluding carboxylic acids is 1. The van der Waals surface area contributed by atoms with Crippen molar-refractivity contribution in [3.63, 3.8) is 0 Å². The van der Waals surface area contributed by atoms with E-state index in [0.717, 1.165) is 29.7 Å². The second kappa shape index (κ2) is 6.01. The molecule has 132 valence electrons. The van der Waals surface area contributed by atoms with Gasteiger partial charge in [0.05, 0.1) is 5.69 Å². The highest BCUT2D eigenvalue weighted by Crippen LogP contribution is 2.40. The van der Waals surface area contributed by atoms with Gasteiger partial charge in [0.15, 0.2) is 0 Å². The van der Waals surface area contributed by atoms with Crippen LogP contribution in [0.15, 0.2) is 36.4 Å². The maximum absolute atomic E-state index is 13.0. The third kappa shape index (κ3) is 2.30. The Balaban J connectivity index is 1.63. The van der Waals surface area contributed by atoms with Crippen molar-refractivity contribution in [2.24, 2.45) is 0 Å². The van der Waals surface area contributed by atoms with Crippen molar-refractivity contribution >= 4 is 28.9 Å². The molecule has 3 aliphatic rings. The SMILES string of the molecule is CCN1C(=O)C(=Cc2cc3c4c(c2)CCCN4CCC3)c2ccccc21. The molecule has 2 aromatic carbocycles. The number of hydrogen-bond donors (Lipinski definition) is 0. The predicted molar refractivity (Wildman–Crippen MR) is 108 cm³/mol. The summed E-state index contributed by atoms with van der Waals surface area (Å²) in [6.45, 7) is 5.13. The molecule has 0 atom stereocenters. The summed E-state index contributed by atoms with van der Waals surface area (Å²) in [4.78, 5) is 17.4. The average Bonchev–Trinajstić information content (AvgIpc) is 2.93. The van der Waals surface area contributed by atoms with Crippen LogP contribution in [-0.2, 0) is 17.6 Å². The molecule has 3 aliphatic heterocycles. The van der Waals surface area contributed by atoms with Crippen molar-refractivity contribution in [2.75, 3.05) is 29.4 Å². The van der Waals surface area contributed by atoms with Crippen molar-refractivity contribution in [1.29, 1.82) is 0 Å². The minimum atomic E-state index is 0.127. The molecule has 0 fully saturated rings. The van der Waals surface area contributed by atoms with E-state index >= 15 is 0 Å². The third-order valence-electron chi connectivity index (χ3n) is 5.94. The number of para-hydroxylation sites is 1. The highest BCUT2D eigenvalue weighted by molar-refractivity contribution is 6.35. The van der Waals surface area contributed by atoms with Gasteiger partial charge in [-0.25, -0.2) is 0 Å². The van der Waals surface area contributed by atoms with Gasteiger partial charge >= 0.3 is 0 Å². The second-order valence-electron chi connectivity index (χ2n) is 7.51. The molecule has 0 aromatic heterocycles. The molecular formula is C23H24N2O. The first-order valence-corrected chi connectivity index (χ1v) is 9.80. The first kappa shape index (κ1) is 15.7. The second-order valence-corrected chi connectivity index (χ2v) is 7.51. The number of amides is 1. The molecule has 0 unspecified atom stereocenters. The number of aryl methyl sites for hydroxylation is 2. The van der Waals surface area contributed by atoms with E-state index in [1.54, 1.807) is 0 Å². The van der Waals surface area contributed by atoms with Crippen LogP contribution in [0.5, 0.6) is 0 Å². The lowest BCUT2D eigenvalue weighted by atomic mass is 9.89. The van der Waals surface area contributed by atoms with Gasteiger partial charge in [-0.2, -0.15) is 0 Å². The van der Waals surface area contributed by atoms with Crippen molar-refractivity contribution in [3.05, 3.63) is 58.7 Å². The van der Waals surface area contributed by atoms with E-state index in [9.17, 15) is 4.79 Å². The van der Waals surface area contributed by atoms with Gasteiger partial charge in [0.1, 0.15) is 0 Å². The molecule has 5 rings (SSSR count). The normalized spacial score (nSPS) is 19.7. The van der Waals surface area contributed by atoms with E-state index in [2.05, 4.69) is 29.2 Å². The summed E-state index contributed by atoms with van der Waals surface area (Å²) in [7, 11) is 0. The molecule has 0 radical (unpaired) electrons. The van der Waals surface area contributed by atoms with Gasteiger partial charge in [-0.1, -0.05) is 18.2 Å². The molecule has 3 heteroatoms. The Hall–Kier alpha value is -2.55. The van der Waals surface area contributed by atoms with Gasteiger partial charge < -0.3 is 9.80 Å². The highest BCUT2D eigenvalue weighted by atomic mass is 16.2. The number of likely N-dealkylation sites (N-methyl/N-ethyl adjacent to an activating group) is 1. The Morgan fingerprint density at radius 1 is 1.04 bits per heavy atom. The zero-order valence-electron chi connectivity index (χ0n) is 15.3. The molecule has 26 heavy (non-hydrogen) atoms. The van der Waals surface area contributed by atoms with Gasteiger partial charge in [-0.05, 0) is 73.6 Å². The van der Waals surface area contributed by atoms with Gasteiger partial charge in [0.2, 0.25) is 0 Å². The van der Waals surface area contributed by atoms with Crippen LogP contribution in [0.1, 0.15) is 42.0 Å².